The summed E-state index contributed by atoms with van der Waals surface area (Å²) in [5, 5.41) is 2.84. The maximum absolute atomic E-state index is 12.6. The molecule has 2 aromatic rings. The summed E-state index contributed by atoms with van der Waals surface area (Å²) in [5.74, 6) is 0.804. The van der Waals surface area contributed by atoms with Gasteiger partial charge in [0.2, 0.25) is 5.91 Å². The zero-order chi connectivity index (χ0) is 20.1. The van der Waals surface area contributed by atoms with Crippen molar-refractivity contribution in [3.05, 3.63) is 53.6 Å². The number of hydrogen-bond acceptors (Lipinski definition) is 7. The Morgan fingerprint density at radius 3 is 2.39 bits per heavy atom. The first-order valence-corrected chi connectivity index (χ1v) is 8.78. The Labute approximate surface area is 163 Å². The summed E-state index contributed by atoms with van der Waals surface area (Å²) in [4.78, 5) is 24.0. The van der Waals surface area contributed by atoms with Gasteiger partial charge in [0.1, 0.15) is 17.5 Å². The number of carbonyl (C=O) groups is 2. The molecule has 2 unspecified atom stereocenters. The average Bonchev–Trinajstić information content (AvgIpc) is 3.23. The van der Waals surface area contributed by atoms with Gasteiger partial charge in [0.15, 0.2) is 0 Å². The summed E-state index contributed by atoms with van der Waals surface area (Å²) in [6, 6.07) is 11.6. The van der Waals surface area contributed by atoms with Gasteiger partial charge in [0.05, 0.1) is 32.9 Å². The molecule has 0 aromatic heterocycles. The van der Waals surface area contributed by atoms with Crippen LogP contribution in [0.5, 0.6) is 11.5 Å². The lowest BCUT2D eigenvalue weighted by Gasteiger charge is -2.15. The molecule has 3 rings (SSSR count). The summed E-state index contributed by atoms with van der Waals surface area (Å²) in [5.41, 5.74) is 8.13. The number of anilines is 1. The predicted octanol–water partition coefficient (Wildman–Crippen LogP) is 2.04. The molecule has 28 heavy (non-hydrogen) atoms. The van der Waals surface area contributed by atoms with Crippen molar-refractivity contribution in [3.63, 3.8) is 0 Å². The molecule has 0 bridgehead atoms. The molecule has 8 heteroatoms. The fraction of sp³-hybridized carbons (Fsp3) is 0.300. The lowest BCUT2D eigenvalue weighted by molar-refractivity contribution is -0.117. The van der Waals surface area contributed by atoms with E-state index in [9.17, 15) is 9.59 Å². The summed E-state index contributed by atoms with van der Waals surface area (Å²) in [6.07, 6.45) is 0.550. The number of hydrazine groups is 1. The SMILES string of the molecule is COC(=O)c1ccc(NC(=O)C2CC(c3ccc(OC)cc3OC)NN2)cc1. The third-order valence-electron chi connectivity index (χ3n) is 4.61. The average molecular weight is 385 g/mol. The van der Waals surface area contributed by atoms with Gasteiger partial charge in [-0.25, -0.2) is 15.6 Å². The van der Waals surface area contributed by atoms with Crippen molar-refractivity contribution in [1.29, 1.82) is 0 Å². The molecule has 1 fully saturated rings. The van der Waals surface area contributed by atoms with E-state index in [2.05, 4.69) is 20.9 Å². The van der Waals surface area contributed by atoms with Crippen LogP contribution in [0.15, 0.2) is 42.5 Å². The summed E-state index contributed by atoms with van der Waals surface area (Å²) in [6.45, 7) is 0. The first kappa shape index (κ1) is 19.7. The molecule has 8 nitrogen and oxygen atoms in total. The summed E-state index contributed by atoms with van der Waals surface area (Å²) >= 11 is 0. The number of esters is 1. The molecular formula is C20H23N3O5. The molecule has 3 N–H and O–H groups in total. The number of hydrogen-bond donors (Lipinski definition) is 3. The van der Waals surface area contributed by atoms with Gasteiger partial charge in [0.25, 0.3) is 0 Å². The third-order valence-corrected chi connectivity index (χ3v) is 4.61. The van der Waals surface area contributed by atoms with E-state index in [0.29, 0.717) is 29.2 Å². The lowest BCUT2D eigenvalue weighted by atomic mass is 10.0. The van der Waals surface area contributed by atoms with Gasteiger partial charge in [-0.15, -0.1) is 0 Å². The Kier molecular flexibility index (Phi) is 6.13. The fourth-order valence-electron chi connectivity index (χ4n) is 3.08. The number of methoxy groups -OCH3 is 3. The fourth-order valence-corrected chi connectivity index (χ4v) is 3.08. The quantitative estimate of drug-likeness (QED) is 0.655. The van der Waals surface area contributed by atoms with Crippen LogP contribution in [0.1, 0.15) is 28.4 Å². The zero-order valence-corrected chi connectivity index (χ0v) is 15.9. The first-order chi connectivity index (χ1) is 13.5. The molecule has 1 aliphatic heterocycles. The van der Waals surface area contributed by atoms with Gasteiger partial charge >= 0.3 is 5.97 Å². The van der Waals surface area contributed by atoms with Crippen LogP contribution in [0.25, 0.3) is 0 Å². The van der Waals surface area contributed by atoms with Crippen molar-refractivity contribution in [1.82, 2.24) is 10.9 Å². The number of benzene rings is 2. The Hall–Kier alpha value is -3.10. The number of amides is 1. The first-order valence-electron chi connectivity index (χ1n) is 8.78. The van der Waals surface area contributed by atoms with E-state index in [4.69, 9.17) is 9.47 Å². The predicted molar refractivity (Wildman–Crippen MR) is 103 cm³/mol. The molecule has 1 amide bonds. The Balaban J connectivity index is 1.63. The van der Waals surface area contributed by atoms with Crippen LogP contribution in [0.3, 0.4) is 0 Å². The zero-order valence-electron chi connectivity index (χ0n) is 15.9. The minimum absolute atomic E-state index is 0.0849. The second-order valence-corrected chi connectivity index (χ2v) is 6.30. The van der Waals surface area contributed by atoms with Crippen LogP contribution >= 0.6 is 0 Å². The Bertz CT molecular complexity index is 853. The molecule has 2 atom stereocenters. The highest BCUT2D eigenvalue weighted by Gasteiger charge is 2.31. The van der Waals surface area contributed by atoms with Gasteiger partial charge in [-0.3, -0.25) is 4.79 Å². The van der Waals surface area contributed by atoms with E-state index in [0.717, 1.165) is 5.56 Å². The topological polar surface area (TPSA) is 97.9 Å². The number of rotatable bonds is 6. The van der Waals surface area contributed by atoms with Crippen LogP contribution in [0, 0.1) is 0 Å². The summed E-state index contributed by atoms with van der Waals surface area (Å²) in [7, 11) is 4.52. The standard InChI is InChI=1S/C20H23N3O5/c1-26-14-8-9-15(18(10-14)27-2)16-11-17(23-22-16)19(24)21-13-6-4-12(5-7-13)20(25)28-3/h4-10,16-17,22-23H,11H2,1-3H3,(H,21,24). The minimum atomic E-state index is -0.421. The van der Waals surface area contributed by atoms with Crippen LogP contribution < -0.4 is 25.6 Å². The minimum Gasteiger partial charge on any atom is -0.497 e. The van der Waals surface area contributed by atoms with E-state index in [1.165, 1.54) is 7.11 Å². The van der Waals surface area contributed by atoms with Crippen molar-refractivity contribution in [3.8, 4) is 11.5 Å². The van der Waals surface area contributed by atoms with Gasteiger partial charge in [-0.1, -0.05) is 6.07 Å². The van der Waals surface area contributed by atoms with Crippen LogP contribution in [-0.2, 0) is 9.53 Å². The molecular weight excluding hydrogens is 362 g/mol. The van der Waals surface area contributed by atoms with E-state index < -0.39 is 12.0 Å². The van der Waals surface area contributed by atoms with Crippen molar-refractivity contribution in [2.24, 2.45) is 0 Å². The largest absolute Gasteiger partial charge is 0.497 e. The Morgan fingerprint density at radius 2 is 1.75 bits per heavy atom. The second-order valence-electron chi connectivity index (χ2n) is 6.30. The molecule has 2 aromatic carbocycles. The molecule has 0 aliphatic carbocycles. The van der Waals surface area contributed by atoms with Crippen molar-refractivity contribution < 1.29 is 23.8 Å². The molecule has 1 aliphatic rings. The van der Waals surface area contributed by atoms with E-state index >= 15 is 0 Å². The van der Waals surface area contributed by atoms with Gasteiger partial charge < -0.3 is 19.5 Å². The lowest BCUT2D eigenvalue weighted by Crippen LogP contribution is -2.39. The van der Waals surface area contributed by atoms with Crippen LogP contribution in [-0.4, -0.2) is 39.2 Å². The highest BCUT2D eigenvalue weighted by Crippen LogP contribution is 2.33. The molecule has 0 saturated carbocycles. The van der Waals surface area contributed by atoms with Crippen molar-refractivity contribution in [2.45, 2.75) is 18.5 Å². The second kappa shape index (κ2) is 8.73. The molecule has 1 saturated heterocycles. The van der Waals surface area contributed by atoms with Crippen molar-refractivity contribution >= 4 is 17.6 Å². The monoisotopic (exact) mass is 385 g/mol. The van der Waals surface area contributed by atoms with Gasteiger partial charge in [-0.05, 0) is 36.8 Å². The number of carbonyl (C=O) groups excluding carboxylic acids is 2. The molecule has 1 heterocycles. The van der Waals surface area contributed by atoms with E-state index in [-0.39, 0.29) is 11.9 Å². The van der Waals surface area contributed by atoms with E-state index in [1.807, 2.05) is 18.2 Å². The van der Waals surface area contributed by atoms with Gasteiger partial charge in [0, 0.05) is 17.3 Å². The Morgan fingerprint density at radius 1 is 1.00 bits per heavy atom. The van der Waals surface area contributed by atoms with Gasteiger partial charge in [-0.2, -0.15) is 0 Å². The van der Waals surface area contributed by atoms with Crippen molar-refractivity contribution in [2.75, 3.05) is 26.6 Å². The normalized spacial score (nSPS) is 18.4. The molecule has 0 spiro atoms. The number of ether oxygens (including phenoxy) is 3. The third kappa shape index (κ3) is 4.24. The molecule has 148 valence electrons. The highest BCUT2D eigenvalue weighted by atomic mass is 16.5. The van der Waals surface area contributed by atoms with E-state index in [1.54, 1.807) is 38.5 Å². The summed E-state index contributed by atoms with van der Waals surface area (Å²) < 4.78 is 15.3. The van der Waals surface area contributed by atoms with Crippen LogP contribution in [0.4, 0.5) is 5.69 Å². The van der Waals surface area contributed by atoms with Crippen LogP contribution in [0.2, 0.25) is 0 Å². The highest BCUT2D eigenvalue weighted by molar-refractivity contribution is 5.96. The number of nitrogens with one attached hydrogen (secondary N) is 3. The smallest absolute Gasteiger partial charge is 0.337 e. The maximum Gasteiger partial charge on any atom is 0.337 e. The maximum atomic E-state index is 12.6. The molecule has 0 radical (unpaired) electrons.